The van der Waals surface area contributed by atoms with Crippen molar-refractivity contribution in [2.75, 3.05) is 10.5 Å². The number of sulfonamides is 1. The lowest BCUT2D eigenvalue weighted by atomic mass is 9.82. The maximum atomic E-state index is 15.3. The Morgan fingerprint density at radius 1 is 1.05 bits per heavy atom. The van der Waals surface area contributed by atoms with E-state index in [1.807, 2.05) is 10.9 Å². The first-order valence-electron chi connectivity index (χ1n) is 12.7. The van der Waals surface area contributed by atoms with Crippen LogP contribution in [-0.2, 0) is 10.0 Å². The molecule has 2 fully saturated rings. The number of fused-ring (bicyclic) bond motifs is 1. The summed E-state index contributed by atoms with van der Waals surface area (Å²) < 4.78 is 45.3. The summed E-state index contributed by atoms with van der Waals surface area (Å²) in [4.78, 5) is 4.38. The van der Waals surface area contributed by atoms with Gasteiger partial charge in [0.05, 0.1) is 27.7 Å². The number of hydrogen-bond donors (Lipinski definition) is 3. The first kappa shape index (κ1) is 25.1. The molecule has 2 heterocycles. The van der Waals surface area contributed by atoms with Gasteiger partial charge in [0.15, 0.2) is 0 Å². The highest BCUT2D eigenvalue weighted by atomic mass is 35.5. The van der Waals surface area contributed by atoms with E-state index in [0.717, 1.165) is 49.6 Å². The summed E-state index contributed by atoms with van der Waals surface area (Å²) in [7, 11) is -4.09. The Bertz CT molecular complexity index is 1650. The van der Waals surface area contributed by atoms with Gasteiger partial charge in [-0.15, -0.1) is 0 Å². The van der Waals surface area contributed by atoms with E-state index in [9.17, 15) is 8.42 Å². The standard InChI is InChI=1S/C27H28ClFN6O2S/c28-20-3-1-2-4-23(20)38(36,37)34-22-12-7-16(13-21(22)29)25-24-26(35(33-25)18-10-11-18)19(14-32-27(24)31)15-5-8-17(30)9-6-15/h1-4,7,12-15,17-18,34H,5-6,8-11,30H2,(H2,31,32). The largest absolute Gasteiger partial charge is 0.383 e. The normalized spacial score (nSPS) is 20.1. The molecule has 11 heteroatoms. The van der Waals surface area contributed by atoms with Crippen molar-refractivity contribution >= 4 is 44.0 Å². The average molecular weight is 555 g/mol. The van der Waals surface area contributed by atoms with Gasteiger partial charge in [-0.1, -0.05) is 29.8 Å². The molecule has 2 aliphatic carbocycles. The molecule has 2 aromatic carbocycles. The number of anilines is 2. The Morgan fingerprint density at radius 3 is 2.47 bits per heavy atom. The van der Waals surface area contributed by atoms with Crippen LogP contribution in [0.5, 0.6) is 0 Å². The molecule has 6 rings (SSSR count). The number of nitrogens with two attached hydrogens (primary N) is 2. The monoisotopic (exact) mass is 554 g/mol. The van der Waals surface area contributed by atoms with Crippen molar-refractivity contribution in [2.45, 2.75) is 61.4 Å². The molecule has 0 atom stereocenters. The zero-order valence-corrected chi connectivity index (χ0v) is 22.1. The number of nitrogen functional groups attached to an aromatic ring is 1. The summed E-state index contributed by atoms with van der Waals surface area (Å²) in [6, 6.07) is 10.8. The molecule has 0 saturated heterocycles. The van der Waals surface area contributed by atoms with E-state index in [2.05, 4.69) is 9.71 Å². The predicted molar refractivity (Wildman–Crippen MR) is 147 cm³/mol. The second-order valence-corrected chi connectivity index (χ2v) is 12.2. The molecule has 0 bridgehead atoms. The molecule has 0 unspecified atom stereocenters. The number of pyridine rings is 1. The molecule has 2 aromatic heterocycles. The number of aromatic nitrogens is 3. The van der Waals surface area contributed by atoms with Gasteiger partial charge >= 0.3 is 0 Å². The Hall–Kier alpha value is -3.21. The molecule has 4 aromatic rings. The van der Waals surface area contributed by atoms with Crippen LogP contribution in [-0.4, -0.2) is 29.2 Å². The van der Waals surface area contributed by atoms with Gasteiger partial charge in [0, 0.05) is 17.8 Å². The van der Waals surface area contributed by atoms with Gasteiger partial charge in [-0.05, 0) is 74.3 Å². The van der Waals surface area contributed by atoms with E-state index in [4.69, 9.17) is 28.2 Å². The smallest absolute Gasteiger partial charge is 0.263 e. The fraction of sp³-hybridized carbons (Fsp3) is 0.333. The Labute approximate surface area is 225 Å². The molecule has 0 amide bonds. The van der Waals surface area contributed by atoms with E-state index in [0.29, 0.717) is 28.4 Å². The fourth-order valence-corrected chi connectivity index (χ4v) is 6.93. The van der Waals surface area contributed by atoms with Crippen LogP contribution < -0.4 is 16.2 Å². The second kappa shape index (κ2) is 9.52. The second-order valence-electron chi connectivity index (χ2n) is 10.2. The van der Waals surface area contributed by atoms with Crippen molar-refractivity contribution < 1.29 is 12.8 Å². The van der Waals surface area contributed by atoms with Crippen LogP contribution in [0.1, 0.15) is 56.0 Å². The van der Waals surface area contributed by atoms with E-state index in [-0.39, 0.29) is 27.7 Å². The quantitative estimate of drug-likeness (QED) is 0.285. The van der Waals surface area contributed by atoms with Crippen LogP contribution in [0.15, 0.2) is 53.6 Å². The average Bonchev–Trinajstić information content (AvgIpc) is 3.66. The Balaban J connectivity index is 1.41. The maximum Gasteiger partial charge on any atom is 0.263 e. The van der Waals surface area contributed by atoms with Gasteiger partial charge < -0.3 is 11.5 Å². The third kappa shape index (κ3) is 4.50. The van der Waals surface area contributed by atoms with Crippen LogP contribution in [0.25, 0.3) is 22.2 Å². The van der Waals surface area contributed by atoms with Crippen molar-refractivity contribution in [1.29, 1.82) is 0 Å². The molecule has 0 spiro atoms. The highest BCUT2D eigenvalue weighted by Gasteiger charge is 2.32. The van der Waals surface area contributed by atoms with E-state index >= 15 is 4.39 Å². The minimum atomic E-state index is -4.09. The fourth-order valence-electron chi connectivity index (χ4n) is 5.34. The lowest BCUT2D eigenvalue weighted by Gasteiger charge is -2.27. The van der Waals surface area contributed by atoms with Crippen molar-refractivity contribution in [3.05, 3.63) is 65.1 Å². The SMILES string of the molecule is Nc1ncc(C2CCC(N)CC2)c2c1c(-c1ccc(NS(=O)(=O)c3ccccc3Cl)c(F)c1)nn2C1CC1. The zero-order valence-electron chi connectivity index (χ0n) is 20.6. The minimum absolute atomic E-state index is 0.0489. The van der Waals surface area contributed by atoms with Gasteiger partial charge in [-0.2, -0.15) is 5.10 Å². The molecule has 198 valence electrons. The predicted octanol–water partition coefficient (Wildman–Crippen LogP) is 5.59. The van der Waals surface area contributed by atoms with E-state index < -0.39 is 15.8 Å². The van der Waals surface area contributed by atoms with Crippen LogP contribution in [0, 0.1) is 5.82 Å². The number of halogens is 2. The van der Waals surface area contributed by atoms with Gasteiger partial charge in [-0.25, -0.2) is 17.8 Å². The summed E-state index contributed by atoms with van der Waals surface area (Å²) in [6.07, 6.45) is 7.76. The summed E-state index contributed by atoms with van der Waals surface area (Å²) in [5, 5.41) is 5.66. The van der Waals surface area contributed by atoms with Crippen molar-refractivity contribution in [3.8, 4) is 11.3 Å². The number of benzene rings is 2. The first-order valence-corrected chi connectivity index (χ1v) is 14.6. The van der Waals surface area contributed by atoms with Crippen molar-refractivity contribution in [3.63, 3.8) is 0 Å². The zero-order chi connectivity index (χ0) is 26.6. The molecule has 2 saturated carbocycles. The minimum Gasteiger partial charge on any atom is -0.383 e. The van der Waals surface area contributed by atoms with Crippen LogP contribution in [0.4, 0.5) is 15.9 Å². The molecule has 5 N–H and O–H groups in total. The van der Waals surface area contributed by atoms with E-state index in [1.54, 1.807) is 18.2 Å². The summed E-state index contributed by atoms with van der Waals surface area (Å²) >= 11 is 6.05. The molecule has 2 aliphatic rings. The van der Waals surface area contributed by atoms with Gasteiger partial charge in [-0.3, -0.25) is 9.40 Å². The number of hydrogen-bond acceptors (Lipinski definition) is 6. The summed E-state index contributed by atoms with van der Waals surface area (Å²) in [5.74, 6) is -0.0935. The molecule has 0 aliphatic heterocycles. The van der Waals surface area contributed by atoms with Crippen molar-refractivity contribution in [1.82, 2.24) is 14.8 Å². The number of nitrogens with one attached hydrogen (secondary N) is 1. The molecule has 0 radical (unpaired) electrons. The third-order valence-corrected chi connectivity index (χ3v) is 9.37. The van der Waals surface area contributed by atoms with Gasteiger partial charge in [0.2, 0.25) is 0 Å². The van der Waals surface area contributed by atoms with E-state index in [1.165, 1.54) is 24.3 Å². The van der Waals surface area contributed by atoms with Crippen LogP contribution >= 0.6 is 11.6 Å². The summed E-state index contributed by atoms with van der Waals surface area (Å²) in [5.41, 5.74) is 15.4. The third-order valence-electron chi connectivity index (χ3n) is 7.50. The Kier molecular flexibility index (Phi) is 6.28. The number of nitrogens with zero attached hydrogens (tertiary/aromatic N) is 3. The summed E-state index contributed by atoms with van der Waals surface area (Å²) in [6.45, 7) is 0. The first-order chi connectivity index (χ1) is 18.2. The highest BCUT2D eigenvalue weighted by Crippen LogP contribution is 2.45. The maximum absolute atomic E-state index is 15.3. The highest BCUT2D eigenvalue weighted by molar-refractivity contribution is 7.92. The lowest BCUT2D eigenvalue weighted by Crippen LogP contribution is -2.26. The topological polar surface area (TPSA) is 129 Å². The lowest BCUT2D eigenvalue weighted by molar-refractivity contribution is 0.395. The molecular formula is C27H28ClFN6O2S. The molecule has 8 nitrogen and oxygen atoms in total. The molecule has 38 heavy (non-hydrogen) atoms. The van der Waals surface area contributed by atoms with Gasteiger partial charge in [0.25, 0.3) is 10.0 Å². The van der Waals surface area contributed by atoms with Crippen LogP contribution in [0.3, 0.4) is 0 Å². The van der Waals surface area contributed by atoms with Crippen LogP contribution in [0.2, 0.25) is 5.02 Å². The number of rotatable bonds is 6. The van der Waals surface area contributed by atoms with Gasteiger partial charge in [0.1, 0.15) is 22.2 Å². The Morgan fingerprint density at radius 2 is 1.79 bits per heavy atom. The molecular weight excluding hydrogens is 527 g/mol. The van der Waals surface area contributed by atoms with Crippen molar-refractivity contribution in [2.24, 2.45) is 5.73 Å².